The van der Waals surface area contributed by atoms with E-state index in [4.69, 9.17) is 4.74 Å². The molecule has 0 aliphatic carbocycles. The number of nitrogens with zero attached hydrogens (tertiary/aromatic N) is 4. The van der Waals surface area contributed by atoms with Gasteiger partial charge in [0.25, 0.3) is 0 Å². The van der Waals surface area contributed by atoms with E-state index in [2.05, 4.69) is 21.1 Å². The highest BCUT2D eigenvalue weighted by Gasteiger charge is 2.31. The smallest absolute Gasteiger partial charge is 0.318 e. The van der Waals surface area contributed by atoms with Gasteiger partial charge in [-0.05, 0) is 40.8 Å². The summed E-state index contributed by atoms with van der Waals surface area (Å²) in [5.74, 6) is 4.07. The molecule has 3 aliphatic heterocycles. The quantitative estimate of drug-likeness (QED) is 0.688. The van der Waals surface area contributed by atoms with Crippen LogP contribution >= 0.6 is 0 Å². The highest BCUT2D eigenvalue weighted by molar-refractivity contribution is 7.98. The summed E-state index contributed by atoms with van der Waals surface area (Å²) in [5, 5.41) is 2.98. The lowest BCUT2D eigenvalue weighted by Gasteiger charge is -2.43. The van der Waals surface area contributed by atoms with E-state index in [9.17, 15) is 9.00 Å². The molecule has 1 N–H and O–H groups in total. The summed E-state index contributed by atoms with van der Waals surface area (Å²) in [6.07, 6.45) is 3.57. The number of pyridine rings is 1. The Morgan fingerprint density at radius 3 is 2.47 bits per heavy atom. The molecule has 2 fully saturated rings. The van der Waals surface area contributed by atoms with Crippen molar-refractivity contribution in [2.75, 3.05) is 39.4 Å². The normalized spacial score (nSPS) is 21.6. The molecule has 1 aromatic carbocycles. The molecule has 170 valence electrons. The molecule has 1 aromatic heterocycles. The number of amides is 2. The molecule has 3 aliphatic rings. The zero-order valence-corrected chi connectivity index (χ0v) is 18.9. The lowest BCUT2D eigenvalue weighted by Crippen LogP contribution is -2.57. The first kappa shape index (κ1) is 21.4. The minimum Gasteiger partial charge on any atom is -0.378 e. The van der Waals surface area contributed by atoms with Crippen molar-refractivity contribution in [1.82, 2.24) is 24.4 Å². The molecule has 8 nitrogen and oxygen atoms in total. The molecular weight excluding hydrogens is 426 g/mol. The number of aromatic nitrogens is 1. The summed E-state index contributed by atoms with van der Waals surface area (Å²) in [6, 6.07) is 9.97. The lowest BCUT2D eigenvalue weighted by molar-refractivity contribution is -0.0719. The molecule has 2 amide bonds. The number of nitrogens with one attached hydrogen (secondary N) is 1. The minimum absolute atomic E-state index is 0.0963. The van der Waals surface area contributed by atoms with Crippen LogP contribution < -0.4 is 5.32 Å². The number of urea groups is 1. The van der Waals surface area contributed by atoms with Crippen LogP contribution in [-0.2, 0) is 34.1 Å². The molecule has 1 unspecified atom stereocenters. The van der Waals surface area contributed by atoms with Gasteiger partial charge < -0.3 is 15.0 Å². The lowest BCUT2D eigenvalue weighted by atomic mass is 10.2. The number of benzene rings is 1. The standard InChI is InChI=1S/C23H29N5O3S/c1-32(30,28-10-8-26(9-11-28)21-16-31-17-21)22-4-2-18(3-5-22)12-25-23(29)27-14-19-6-7-24-13-20(19)15-27/h2-7,13,21H,1,8-12,14-17H2,(H,25,29). The van der Waals surface area contributed by atoms with Gasteiger partial charge in [-0.25, -0.2) is 13.3 Å². The zero-order valence-electron chi connectivity index (χ0n) is 18.1. The SMILES string of the molecule is C=S(=O)(c1ccc(CNC(=O)N2Cc3ccncc3C2)cc1)N1CCN(C2COC2)CC1. The summed E-state index contributed by atoms with van der Waals surface area (Å²) >= 11 is 0. The molecule has 0 spiro atoms. The molecule has 32 heavy (non-hydrogen) atoms. The number of fused-ring (bicyclic) bond motifs is 1. The Morgan fingerprint density at radius 2 is 1.81 bits per heavy atom. The molecule has 0 radical (unpaired) electrons. The fourth-order valence-corrected chi connectivity index (χ4v) is 6.03. The fourth-order valence-electron chi connectivity index (χ4n) is 4.42. The number of hydrogen-bond donors (Lipinski definition) is 1. The van der Waals surface area contributed by atoms with E-state index in [-0.39, 0.29) is 6.03 Å². The van der Waals surface area contributed by atoms with E-state index in [1.807, 2.05) is 40.8 Å². The van der Waals surface area contributed by atoms with E-state index in [1.165, 1.54) is 0 Å². The second-order valence-corrected chi connectivity index (χ2v) is 10.9. The van der Waals surface area contributed by atoms with Gasteiger partial charge in [-0.2, -0.15) is 0 Å². The first-order valence-electron chi connectivity index (χ1n) is 11.0. The van der Waals surface area contributed by atoms with Gasteiger partial charge in [0.1, 0.15) is 0 Å². The summed E-state index contributed by atoms with van der Waals surface area (Å²) in [6.45, 7) is 6.48. The molecule has 1 atom stereocenters. The van der Waals surface area contributed by atoms with Crippen molar-refractivity contribution in [3.05, 3.63) is 59.4 Å². The number of carbonyl (C=O) groups excluding carboxylic acids is 1. The van der Waals surface area contributed by atoms with E-state index >= 15 is 0 Å². The first-order chi connectivity index (χ1) is 15.5. The first-order valence-corrected chi connectivity index (χ1v) is 12.7. The van der Waals surface area contributed by atoms with Crippen LogP contribution in [0.15, 0.2) is 47.6 Å². The van der Waals surface area contributed by atoms with Crippen molar-refractivity contribution in [2.24, 2.45) is 0 Å². The van der Waals surface area contributed by atoms with E-state index < -0.39 is 9.71 Å². The highest BCUT2D eigenvalue weighted by Crippen LogP contribution is 2.22. The topological polar surface area (TPSA) is 78.0 Å². The van der Waals surface area contributed by atoms with Crippen LogP contribution in [0.3, 0.4) is 0 Å². The van der Waals surface area contributed by atoms with Gasteiger partial charge in [0, 0.05) is 63.1 Å². The average molecular weight is 456 g/mol. The number of piperazine rings is 1. The summed E-state index contributed by atoms with van der Waals surface area (Å²) in [4.78, 5) is 21.6. The Bertz CT molecular complexity index is 1050. The Balaban J connectivity index is 1.14. The van der Waals surface area contributed by atoms with Crippen molar-refractivity contribution in [1.29, 1.82) is 0 Å². The third-order valence-corrected chi connectivity index (χ3v) is 8.78. The summed E-state index contributed by atoms with van der Waals surface area (Å²) in [7, 11) is -2.52. The average Bonchev–Trinajstić information content (AvgIpc) is 3.21. The second-order valence-electron chi connectivity index (χ2n) is 8.60. The van der Waals surface area contributed by atoms with Crippen LogP contribution in [0.4, 0.5) is 4.79 Å². The molecule has 2 aromatic rings. The molecule has 0 bridgehead atoms. The number of carbonyl (C=O) groups is 1. The predicted molar refractivity (Wildman–Crippen MR) is 123 cm³/mol. The van der Waals surface area contributed by atoms with Crippen LogP contribution in [0, 0.1) is 0 Å². The number of ether oxygens (including phenoxy) is 1. The third-order valence-electron chi connectivity index (χ3n) is 6.58. The second kappa shape index (κ2) is 8.82. The van der Waals surface area contributed by atoms with Gasteiger partial charge >= 0.3 is 6.03 Å². The summed E-state index contributed by atoms with van der Waals surface area (Å²) < 4.78 is 20.7. The minimum atomic E-state index is -2.52. The Hall–Kier alpha value is -2.46. The van der Waals surface area contributed by atoms with Crippen molar-refractivity contribution in [3.63, 3.8) is 0 Å². The van der Waals surface area contributed by atoms with Gasteiger partial charge in [0.05, 0.1) is 29.0 Å². The largest absolute Gasteiger partial charge is 0.378 e. The Kier molecular flexibility index (Phi) is 5.90. The van der Waals surface area contributed by atoms with Crippen LogP contribution in [0.5, 0.6) is 0 Å². The predicted octanol–water partition coefficient (Wildman–Crippen LogP) is 1.31. The van der Waals surface area contributed by atoms with Crippen molar-refractivity contribution >= 4 is 21.6 Å². The monoisotopic (exact) mass is 455 g/mol. The van der Waals surface area contributed by atoms with Crippen molar-refractivity contribution in [2.45, 2.75) is 30.6 Å². The molecule has 9 heteroatoms. The van der Waals surface area contributed by atoms with Gasteiger partial charge in [-0.3, -0.25) is 9.88 Å². The maximum absolute atomic E-state index is 13.5. The van der Waals surface area contributed by atoms with Crippen molar-refractivity contribution in [3.8, 4) is 0 Å². The molecule has 5 rings (SSSR count). The van der Waals surface area contributed by atoms with Crippen LogP contribution in [0.25, 0.3) is 0 Å². The highest BCUT2D eigenvalue weighted by atomic mass is 32.2. The van der Waals surface area contributed by atoms with Crippen LogP contribution in [0.1, 0.15) is 16.7 Å². The van der Waals surface area contributed by atoms with Gasteiger partial charge in [0.2, 0.25) is 0 Å². The molecule has 4 heterocycles. The van der Waals surface area contributed by atoms with Crippen LogP contribution in [-0.4, -0.2) is 80.6 Å². The third kappa shape index (κ3) is 4.25. The van der Waals surface area contributed by atoms with Gasteiger partial charge in [-0.15, -0.1) is 0 Å². The number of rotatable bonds is 5. The molecule has 2 saturated heterocycles. The van der Waals surface area contributed by atoms with Gasteiger partial charge in [-0.1, -0.05) is 12.1 Å². The Labute approximate surface area is 189 Å². The maximum Gasteiger partial charge on any atom is 0.318 e. The van der Waals surface area contributed by atoms with Crippen LogP contribution in [0.2, 0.25) is 0 Å². The van der Waals surface area contributed by atoms with E-state index in [0.717, 1.165) is 61.0 Å². The van der Waals surface area contributed by atoms with E-state index in [1.54, 1.807) is 11.1 Å². The molecule has 0 saturated carbocycles. The summed E-state index contributed by atoms with van der Waals surface area (Å²) in [5.41, 5.74) is 3.20. The molecular formula is C23H29N5O3S. The fraction of sp³-hybridized carbons (Fsp3) is 0.435. The Morgan fingerprint density at radius 1 is 1.09 bits per heavy atom. The zero-order chi connectivity index (χ0) is 22.1. The van der Waals surface area contributed by atoms with Crippen molar-refractivity contribution < 1.29 is 13.7 Å². The van der Waals surface area contributed by atoms with E-state index in [0.29, 0.717) is 25.7 Å². The van der Waals surface area contributed by atoms with Gasteiger partial charge in [0.15, 0.2) is 0 Å². The number of hydrogen-bond acceptors (Lipinski definition) is 5. The maximum atomic E-state index is 13.5.